The molecule has 0 saturated carbocycles. The number of hydrogen-bond acceptors (Lipinski definition) is 5. The summed E-state index contributed by atoms with van der Waals surface area (Å²) in [6.07, 6.45) is 0. The third kappa shape index (κ3) is 4.11. The molecule has 1 amide bonds. The van der Waals surface area contributed by atoms with E-state index in [9.17, 15) is 13.2 Å². The molecule has 0 radical (unpaired) electrons. The van der Waals surface area contributed by atoms with Gasteiger partial charge in [-0.1, -0.05) is 0 Å². The first-order valence-corrected chi connectivity index (χ1v) is 8.68. The molecule has 0 spiro atoms. The molecule has 0 aliphatic heterocycles. The molecule has 1 heterocycles. The maximum absolute atomic E-state index is 12.0. The number of amides is 1. The Kier molecular flexibility index (Phi) is 5.07. The molecule has 0 bridgehead atoms. The number of furan rings is 1. The fraction of sp³-hybridized carbons (Fsp3) is 0.267. The van der Waals surface area contributed by atoms with E-state index in [1.165, 1.54) is 6.07 Å². The molecular formula is C15H19N3O4S. The minimum absolute atomic E-state index is 0.123. The van der Waals surface area contributed by atoms with E-state index in [1.807, 2.05) is 12.1 Å². The predicted molar refractivity (Wildman–Crippen MR) is 88.0 cm³/mol. The van der Waals surface area contributed by atoms with Gasteiger partial charge in [0.25, 0.3) is 15.9 Å². The van der Waals surface area contributed by atoms with Crippen molar-refractivity contribution in [1.29, 1.82) is 0 Å². The van der Waals surface area contributed by atoms with Crippen molar-refractivity contribution in [3.05, 3.63) is 42.2 Å². The lowest BCUT2D eigenvalue weighted by molar-refractivity contribution is 0.0991. The van der Waals surface area contributed by atoms with Crippen molar-refractivity contribution in [2.75, 3.05) is 23.3 Å². The number of benzene rings is 1. The van der Waals surface area contributed by atoms with Crippen LogP contribution in [0.3, 0.4) is 0 Å². The van der Waals surface area contributed by atoms with Gasteiger partial charge in [-0.05, 0) is 50.2 Å². The highest BCUT2D eigenvalue weighted by Crippen LogP contribution is 2.19. The second kappa shape index (κ2) is 6.84. The topological polar surface area (TPSA) is 106 Å². The van der Waals surface area contributed by atoms with E-state index in [0.29, 0.717) is 5.69 Å². The maximum atomic E-state index is 12.0. The first kappa shape index (κ1) is 17.0. The van der Waals surface area contributed by atoms with Crippen LogP contribution in [0, 0.1) is 0 Å². The summed E-state index contributed by atoms with van der Waals surface area (Å²) in [7, 11) is -3.96. The Morgan fingerprint density at radius 1 is 1.13 bits per heavy atom. The number of rotatable bonds is 6. The summed E-state index contributed by atoms with van der Waals surface area (Å²) in [5.41, 5.74) is 1.64. The standard InChI is InChI=1S/C15H19N3O4S/c1-3-18(4-2)12-7-5-11(6-8-12)17-15(19)13-9-10-14(22-13)23(16,20)21/h5-10H,3-4H2,1-2H3,(H,17,19)(H2,16,20,21). The maximum Gasteiger partial charge on any atom is 0.291 e. The van der Waals surface area contributed by atoms with Crippen molar-refractivity contribution < 1.29 is 17.6 Å². The van der Waals surface area contributed by atoms with Crippen molar-refractivity contribution in [2.24, 2.45) is 5.14 Å². The zero-order valence-electron chi connectivity index (χ0n) is 12.9. The van der Waals surface area contributed by atoms with E-state index in [4.69, 9.17) is 9.56 Å². The minimum Gasteiger partial charge on any atom is -0.438 e. The molecule has 2 aromatic rings. The molecule has 7 nitrogen and oxygen atoms in total. The molecule has 0 aliphatic carbocycles. The van der Waals surface area contributed by atoms with Gasteiger partial charge in [0.15, 0.2) is 5.76 Å². The second-order valence-corrected chi connectivity index (χ2v) is 6.33. The number of anilines is 2. The van der Waals surface area contributed by atoms with Gasteiger partial charge in [-0.2, -0.15) is 0 Å². The van der Waals surface area contributed by atoms with E-state index in [1.54, 1.807) is 12.1 Å². The van der Waals surface area contributed by atoms with Gasteiger partial charge in [-0.3, -0.25) is 4.79 Å². The number of sulfonamides is 1. The van der Waals surface area contributed by atoms with Crippen LogP contribution in [0.4, 0.5) is 11.4 Å². The fourth-order valence-corrected chi connectivity index (χ4v) is 2.60. The van der Waals surface area contributed by atoms with Crippen LogP contribution in [0.15, 0.2) is 45.9 Å². The first-order valence-electron chi connectivity index (χ1n) is 7.14. The fourth-order valence-electron chi connectivity index (χ4n) is 2.13. The lowest BCUT2D eigenvalue weighted by atomic mass is 10.2. The van der Waals surface area contributed by atoms with Gasteiger partial charge in [0.1, 0.15) is 0 Å². The Morgan fingerprint density at radius 3 is 2.22 bits per heavy atom. The highest BCUT2D eigenvalue weighted by Gasteiger charge is 2.17. The molecule has 1 aromatic heterocycles. The molecule has 23 heavy (non-hydrogen) atoms. The van der Waals surface area contributed by atoms with Crippen LogP contribution in [0.5, 0.6) is 0 Å². The lowest BCUT2D eigenvalue weighted by Crippen LogP contribution is -2.21. The highest BCUT2D eigenvalue weighted by molar-refractivity contribution is 7.89. The molecule has 0 atom stereocenters. The van der Waals surface area contributed by atoms with Gasteiger partial charge in [-0.25, -0.2) is 13.6 Å². The first-order chi connectivity index (χ1) is 10.8. The number of nitrogens with zero attached hydrogens (tertiary/aromatic N) is 1. The van der Waals surface area contributed by atoms with Crippen molar-refractivity contribution in [3.63, 3.8) is 0 Å². The second-order valence-electron chi connectivity index (χ2n) is 4.84. The monoisotopic (exact) mass is 337 g/mol. The third-order valence-corrected chi connectivity index (χ3v) is 4.12. The predicted octanol–water partition coefficient (Wildman–Crippen LogP) is 2.03. The number of nitrogens with two attached hydrogens (primary N) is 1. The Labute approximate surface area is 135 Å². The van der Waals surface area contributed by atoms with Crippen LogP contribution in [0.25, 0.3) is 0 Å². The van der Waals surface area contributed by atoms with Gasteiger partial charge in [-0.15, -0.1) is 0 Å². The Hall–Kier alpha value is -2.32. The summed E-state index contributed by atoms with van der Waals surface area (Å²) in [6.45, 7) is 5.92. The lowest BCUT2D eigenvalue weighted by Gasteiger charge is -2.21. The molecule has 124 valence electrons. The smallest absolute Gasteiger partial charge is 0.291 e. The van der Waals surface area contributed by atoms with E-state index in [-0.39, 0.29) is 5.76 Å². The van der Waals surface area contributed by atoms with Crippen LogP contribution in [-0.4, -0.2) is 27.4 Å². The number of carbonyl (C=O) groups excluding carboxylic acids is 1. The number of hydrogen-bond donors (Lipinski definition) is 2. The van der Waals surface area contributed by atoms with Crippen LogP contribution < -0.4 is 15.4 Å². The minimum atomic E-state index is -3.96. The van der Waals surface area contributed by atoms with E-state index in [2.05, 4.69) is 24.1 Å². The zero-order valence-corrected chi connectivity index (χ0v) is 13.8. The van der Waals surface area contributed by atoms with E-state index in [0.717, 1.165) is 24.8 Å². The van der Waals surface area contributed by atoms with Gasteiger partial charge >= 0.3 is 0 Å². The molecule has 2 rings (SSSR count). The molecule has 8 heteroatoms. The quantitative estimate of drug-likeness (QED) is 0.839. The largest absolute Gasteiger partial charge is 0.438 e. The molecule has 0 aliphatic rings. The normalized spacial score (nSPS) is 11.3. The van der Waals surface area contributed by atoms with Gasteiger partial charge in [0.05, 0.1) is 0 Å². The van der Waals surface area contributed by atoms with Gasteiger partial charge in [0, 0.05) is 24.5 Å². The molecule has 1 aromatic carbocycles. The molecular weight excluding hydrogens is 318 g/mol. The van der Waals surface area contributed by atoms with Crippen molar-refractivity contribution in [3.8, 4) is 0 Å². The van der Waals surface area contributed by atoms with E-state index < -0.39 is 21.0 Å². The average Bonchev–Trinajstić information content (AvgIpc) is 3.00. The summed E-state index contributed by atoms with van der Waals surface area (Å²) in [5.74, 6) is -0.669. The summed E-state index contributed by atoms with van der Waals surface area (Å²) < 4.78 is 27.2. The zero-order chi connectivity index (χ0) is 17.0. The number of nitrogens with one attached hydrogen (secondary N) is 1. The molecule has 3 N–H and O–H groups in total. The summed E-state index contributed by atoms with van der Waals surface area (Å²) >= 11 is 0. The van der Waals surface area contributed by atoms with Crippen molar-refractivity contribution in [1.82, 2.24) is 0 Å². The van der Waals surface area contributed by atoms with Crippen LogP contribution in [0.2, 0.25) is 0 Å². The average molecular weight is 337 g/mol. The Morgan fingerprint density at radius 2 is 1.74 bits per heavy atom. The van der Waals surface area contributed by atoms with Gasteiger partial charge in [0.2, 0.25) is 5.09 Å². The number of primary sulfonamides is 1. The Balaban J connectivity index is 2.10. The van der Waals surface area contributed by atoms with Crippen LogP contribution >= 0.6 is 0 Å². The molecule has 0 fully saturated rings. The van der Waals surface area contributed by atoms with Crippen LogP contribution in [0.1, 0.15) is 24.4 Å². The molecule has 0 saturated heterocycles. The van der Waals surface area contributed by atoms with Gasteiger partial charge < -0.3 is 14.6 Å². The van der Waals surface area contributed by atoms with E-state index >= 15 is 0 Å². The van der Waals surface area contributed by atoms with Crippen molar-refractivity contribution in [2.45, 2.75) is 18.9 Å². The summed E-state index contributed by atoms with van der Waals surface area (Å²) in [4.78, 5) is 14.2. The summed E-state index contributed by atoms with van der Waals surface area (Å²) in [5, 5.41) is 7.13. The SMILES string of the molecule is CCN(CC)c1ccc(NC(=O)c2ccc(S(N)(=O)=O)o2)cc1. The van der Waals surface area contributed by atoms with Crippen molar-refractivity contribution >= 4 is 27.3 Å². The van der Waals surface area contributed by atoms with Crippen LogP contribution in [-0.2, 0) is 10.0 Å². The number of carbonyl (C=O) groups is 1. The third-order valence-electron chi connectivity index (χ3n) is 3.34. The highest BCUT2D eigenvalue weighted by atomic mass is 32.2. The molecule has 0 unspecified atom stereocenters. The summed E-state index contributed by atoms with van der Waals surface area (Å²) in [6, 6.07) is 9.76. The Bertz CT molecular complexity index is 777.